The molecule has 2 rings (SSSR count). The summed E-state index contributed by atoms with van der Waals surface area (Å²) in [5, 5.41) is 0. The Morgan fingerprint density at radius 1 is 1.22 bits per heavy atom. The van der Waals surface area contributed by atoms with Crippen LogP contribution in [0.1, 0.15) is 31.4 Å². The summed E-state index contributed by atoms with van der Waals surface area (Å²) in [4.78, 5) is 2.71. The van der Waals surface area contributed by atoms with Crippen LogP contribution < -0.4 is 4.72 Å². The first-order chi connectivity index (χ1) is 10.8. The van der Waals surface area contributed by atoms with Gasteiger partial charge in [0.1, 0.15) is 0 Å². The van der Waals surface area contributed by atoms with Crippen molar-refractivity contribution in [2.45, 2.75) is 51.2 Å². The molecule has 1 aliphatic heterocycles. The Kier molecular flexibility index (Phi) is 6.19. The Morgan fingerprint density at radius 2 is 1.87 bits per heavy atom. The van der Waals surface area contributed by atoms with Crippen molar-refractivity contribution in [3.8, 4) is 0 Å². The van der Waals surface area contributed by atoms with Gasteiger partial charge in [-0.05, 0) is 52.3 Å². The second kappa shape index (κ2) is 7.75. The standard InChI is InChI=1S/C17H28N2O3S/c1-13-6-7-17(14(2)10-13)23(20,21)18-8-5-9-19-11-15(3)22-16(4)12-19/h6-7,10,15-16,18H,5,8-9,11-12H2,1-4H3. The molecule has 1 fully saturated rings. The molecule has 1 N–H and O–H groups in total. The van der Waals surface area contributed by atoms with E-state index in [0.717, 1.165) is 37.2 Å². The van der Waals surface area contributed by atoms with E-state index in [1.165, 1.54) is 0 Å². The first kappa shape index (κ1) is 18.4. The lowest BCUT2D eigenvalue weighted by molar-refractivity contribution is -0.0679. The largest absolute Gasteiger partial charge is 0.373 e. The summed E-state index contributed by atoms with van der Waals surface area (Å²) < 4.78 is 33.2. The molecule has 5 nitrogen and oxygen atoms in total. The molecule has 0 aliphatic carbocycles. The molecule has 23 heavy (non-hydrogen) atoms. The molecule has 1 saturated heterocycles. The Morgan fingerprint density at radius 3 is 2.48 bits per heavy atom. The van der Waals surface area contributed by atoms with E-state index in [1.807, 2.05) is 26.0 Å². The normalized spacial score (nSPS) is 23.1. The summed E-state index contributed by atoms with van der Waals surface area (Å²) in [7, 11) is -3.43. The van der Waals surface area contributed by atoms with E-state index in [2.05, 4.69) is 23.5 Å². The smallest absolute Gasteiger partial charge is 0.240 e. The lowest BCUT2D eigenvalue weighted by atomic mass is 10.2. The van der Waals surface area contributed by atoms with Crippen LogP contribution in [0.2, 0.25) is 0 Å². The molecule has 6 heteroatoms. The molecule has 1 aliphatic rings. The SMILES string of the molecule is Cc1ccc(S(=O)(=O)NCCCN2CC(C)OC(C)C2)c(C)c1. The first-order valence-corrected chi connectivity index (χ1v) is 9.71. The van der Waals surface area contributed by atoms with Crippen molar-refractivity contribution < 1.29 is 13.2 Å². The summed E-state index contributed by atoms with van der Waals surface area (Å²) in [6, 6.07) is 5.40. The summed E-state index contributed by atoms with van der Waals surface area (Å²) in [5.41, 5.74) is 1.85. The molecule has 0 bridgehead atoms. The number of aryl methyl sites for hydroxylation is 2. The average molecular weight is 340 g/mol. The molecule has 0 saturated carbocycles. The second-order valence-electron chi connectivity index (χ2n) is 6.54. The maximum Gasteiger partial charge on any atom is 0.240 e. The minimum absolute atomic E-state index is 0.241. The number of nitrogens with zero attached hydrogens (tertiary/aromatic N) is 1. The molecule has 0 amide bonds. The van der Waals surface area contributed by atoms with Crippen molar-refractivity contribution in [1.82, 2.24) is 9.62 Å². The third-order valence-corrected chi connectivity index (χ3v) is 5.68. The molecule has 0 aromatic heterocycles. The molecule has 0 radical (unpaired) electrons. The van der Waals surface area contributed by atoms with Gasteiger partial charge in [0.25, 0.3) is 0 Å². The van der Waals surface area contributed by atoms with E-state index in [0.29, 0.717) is 11.4 Å². The number of rotatable bonds is 6. The molecule has 0 spiro atoms. The van der Waals surface area contributed by atoms with Gasteiger partial charge in [0, 0.05) is 19.6 Å². The van der Waals surface area contributed by atoms with E-state index in [4.69, 9.17) is 4.74 Å². The number of sulfonamides is 1. The van der Waals surface area contributed by atoms with Gasteiger partial charge in [-0.15, -0.1) is 0 Å². The number of hydrogen-bond donors (Lipinski definition) is 1. The number of morpholine rings is 1. The van der Waals surface area contributed by atoms with Gasteiger partial charge in [-0.25, -0.2) is 13.1 Å². The zero-order valence-electron chi connectivity index (χ0n) is 14.5. The van der Waals surface area contributed by atoms with Crippen LogP contribution in [-0.4, -0.2) is 51.7 Å². The van der Waals surface area contributed by atoms with E-state index in [1.54, 1.807) is 6.07 Å². The highest BCUT2D eigenvalue weighted by Gasteiger charge is 2.22. The van der Waals surface area contributed by atoms with Crippen molar-refractivity contribution in [1.29, 1.82) is 0 Å². The monoisotopic (exact) mass is 340 g/mol. The summed E-state index contributed by atoms with van der Waals surface area (Å²) in [6.45, 7) is 11.1. The molecule has 1 heterocycles. The third-order valence-electron chi connectivity index (χ3n) is 4.06. The van der Waals surface area contributed by atoms with E-state index >= 15 is 0 Å². The fraction of sp³-hybridized carbons (Fsp3) is 0.647. The Hall–Kier alpha value is -0.950. The van der Waals surface area contributed by atoms with Gasteiger partial charge < -0.3 is 4.74 Å². The molecule has 130 valence electrons. The van der Waals surface area contributed by atoms with Gasteiger partial charge in [0.2, 0.25) is 10.0 Å². The van der Waals surface area contributed by atoms with Crippen LogP contribution in [0.15, 0.2) is 23.1 Å². The maximum absolute atomic E-state index is 12.4. The highest BCUT2D eigenvalue weighted by molar-refractivity contribution is 7.89. The summed E-state index contributed by atoms with van der Waals surface area (Å²) >= 11 is 0. The summed E-state index contributed by atoms with van der Waals surface area (Å²) in [5.74, 6) is 0. The summed E-state index contributed by atoms with van der Waals surface area (Å²) in [6.07, 6.45) is 1.28. The van der Waals surface area contributed by atoms with Gasteiger partial charge in [-0.2, -0.15) is 0 Å². The number of ether oxygens (including phenoxy) is 1. The molecular formula is C17H28N2O3S. The van der Waals surface area contributed by atoms with Crippen molar-refractivity contribution in [2.24, 2.45) is 0 Å². The van der Waals surface area contributed by atoms with Crippen LogP contribution in [0.25, 0.3) is 0 Å². The van der Waals surface area contributed by atoms with Gasteiger partial charge in [-0.1, -0.05) is 17.7 Å². The van der Waals surface area contributed by atoms with Crippen molar-refractivity contribution >= 4 is 10.0 Å². The topological polar surface area (TPSA) is 58.6 Å². The van der Waals surface area contributed by atoms with E-state index in [-0.39, 0.29) is 12.2 Å². The van der Waals surface area contributed by atoms with Crippen LogP contribution >= 0.6 is 0 Å². The number of nitrogens with one attached hydrogen (secondary N) is 1. The van der Waals surface area contributed by atoms with Crippen molar-refractivity contribution in [3.05, 3.63) is 29.3 Å². The Balaban J connectivity index is 1.83. The van der Waals surface area contributed by atoms with Gasteiger partial charge in [0.15, 0.2) is 0 Å². The zero-order chi connectivity index (χ0) is 17.0. The van der Waals surface area contributed by atoms with Crippen molar-refractivity contribution in [2.75, 3.05) is 26.2 Å². The number of hydrogen-bond acceptors (Lipinski definition) is 4. The van der Waals surface area contributed by atoms with Gasteiger partial charge in [0.05, 0.1) is 17.1 Å². The minimum Gasteiger partial charge on any atom is -0.373 e. The van der Waals surface area contributed by atoms with Crippen LogP contribution in [0, 0.1) is 13.8 Å². The molecular weight excluding hydrogens is 312 g/mol. The maximum atomic E-state index is 12.4. The lowest BCUT2D eigenvalue weighted by Gasteiger charge is -2.35. The lowest BCUT2D eigenvalue weighted by Crippen LogP contribution is -2.46. The third kappa shape index (κ3) is 5.28. The van der Waals surface area contributed by atoms with Crippen LogP contribution in [0.4, 0.5) is 0 Å². The molecule has 2 atom stereocenters. The van der Waals surface area contributed by atoms with Crippen LogP contribution in [-0.2, 0) is 14.8 Å². The first-order valence-electron chi connectivity index (χ1n) is 8.22. The Labute approximate surface area is 140 Å². The van der Waals surface area contributed by atoms with Crippen LogP contribution in [0.5, 0.6) is 0 Å². The average Bonchev–Trinajstić information content (AvgIpc) is 2.42. The van der Waals surface area contributed by atoms with Gasteiger partial charge in [-0.3, -0.25) is 4.90 Å². The second-order valence-corrected chi connectivity index (χ2v) is 8.27. The predicted molar refractivity (Wildman–Crippen MR) is 92.2 cm³/mol. The van der Waals surface area contributed by atoms with Gasteiger partial charge >= 0.3 is 0 Å². The Bertz CT molecular complexity index is 621. The molecule has 1 aromatic rings. The quantitative estimate of drug-likeness (QED) is 0.806. The van der Waals surface area contributed by atoms with Crippen molar-refractivity contribution in [3.63, 3.8) is 0 Å². The minimum atomic E-state index is -3.43. The fourth-order valence-electron chi connectivity index (χ4n) is 3.15. The highest BCUT2D eigenvalue weighted by Crippen LogP contribution is 2.16. The van der Waals surface area contributed by atoms with E-state index in [9.17, 15) is 8.42 Å². The van der Waals surface area contributed by atoms with Crippen LogP contribution in [0.3, 0.4) is 0 Å². The zero-order valence-corrected chi connectivity index (χ0v) is 15.3. The number of benzene rings is 1. The molecule has 1 aromatic carbocycles. The fourth-order valence-corrected chi connectivity index (χ4v) is 4.45. The van der Waals surface area contributed by atoms with E-state index < -0.39 is 10.0 Å². The predicted octanol–water partition coefficient (Wildman–Crippen LogP) is 2.08. The highest BCUT2D eigenvalue weighted by atomic mass is 32.2. The molecule has 2 unspecified atom stereocenters.